The van der Waals surface area contributed by atoms with Gasteiger partial charge in [0, 0.05) is 35.6 Å². The highest BCUT2D eigenvalue weighted by Gasteiger charge is 2.46. The van der Waals surface area contributed by atoms with E-state index in [0.29, 0.717) is 40.6 Å². The zero-order valence-corrected chi connectivity index (χ0v) is 22.9. The monoisotopic (exact) mass is 605 g/mol. The van der Waals surface area contributed by atoms with Crippen LogP contribution in [-0.4, -0.2) is 21.6 Å². The molecule has 6 rings (SSSR count). The van der Waals surface area contributed by atoms with Crippen LogP contribution in [0.5, 0.6) is 0 Å². The number of amides is 1. The lowest BCUT2D eigenvalue weighted by molar-refractivity contribution is -0.137. The van der Waals surface area contributed by atoms with E-state index < -0.39 is 40.8 Å². The highest BCUT2D eigenvalue weighted by molar-refractivity contribution is 6.10. The summed E-state index contributed by atoms with van der Waals surface area (Å²) in [5.41, 5.74) is 1.56. The van der Waals surface area contributed by atoms with Gasteiger partial charge < -0.3 is 20.3 Å². The molecular weight excluding hydrogens is 581 g/mol. The maximum Gasteiger partial charge on any atom is 0.416 e. The summed E-state index contributed by atoms with van der Waals surface area (Å²) in [6, 6.07) is 19.4. The molecular formula is C33H24F5N3O3. The number of nitrogens with one attached hydrogen (secondary N) is 2. The van der Waals surface area contributed by atoms with Crippen LogP contribution in [0.2, 0.25) is 0 Å². The van der Waals surface area contributed by atoms with Crippen LogP contribution in [0.25, 0.3) is 10.9 Å². The molecule has 44 heavy (non-hydrogen) atoms. The van der Waals surface area contributed by atoms with Crippen LogP contribution >= 0.6 is 0 Å². The summed E-state index contributed by atoms with van der Waals surface area (Å²) >= 11 is 0. The second kappa shape index (κ2) is 10.8. The van der Waals surface area contributed by atoms with Crippen molar-refractivity contribution in [2.45, 2.75) is 31.1 Å². The lowest BCUT2D eigenvalue weighted by Gasteiger charge is -2.20. The standard InChI is InChI=1S/C33H24F5N3O3/c34-26-11-9-23(17-27(26)35)39-28-12-10-25(30(42)40-32(14-15-32)21-7-3-20(4-8-21)31(43)44)29-24(28)13-16-41(29)18-19-1-5-22(6-2-19)33(36,37)38/h1-13,16-17,39H,14-15,18H2,(H,40,42)(H,43,44). The number of carbonyl (C=O) groups excluding carboxylic acids is 1. The zero-order chi connectivity index (χ0) is 31.2. The molecule has 0 spiro atoms. The van der Waals surface area contributed by atoms with E-state index in [2.05, 4.69) is 10.6 Å². The normalized spacial score (nSPS) is 13.9. The number of hydrogen-bond donors (Lipinski definition) is 3. The Morgan fingerprint density at radius 1 is 0.864 bits per heavy atom. The van der Waals surface area contributed by atoms with Crippen LogP contribution in [0.4, 0.5) is 33.3 Å². The number of hydrogen-bond acceptors (Lipinski definition) is 3. The topological polar surface area (TPSA) is 83.4 Å². The molecule has 224 valence electrons. The number of carboxylic acid groups (broad SMARTS) is 1. The Balaban J connectivity index is 1.37. The molecule has 6 nitrogen and oxygen atoms in total. The van der Waals surface area contributed by atoms with Crippen molar-refractivity contribution in [3.05, 3.63) is 131 Å². The van der Waals surface area contributed by atoms with E-state index in [1.54, 1.807) is 41.1 Å². The summed E-state index contributed by atoms with van der Waals surface area (Å²) in [5, 5.41) is 16.0. The van der Waals surface area contributed by atoms with Crippen molar-refractivity contribution in [3.63, 3.8) is 0 Å². The fraction of sp³-hybridized carbons (Fsp3) is 0.152. The van der Waals surface area contributed by atoms with Crippen LogP contribution in [0, 0.1) is 11.6 Å². The minimum absolute atomic E-state index is 0.128. The first-order chi connectivity index (χ1) is 20.9. The number of carboxylic acids is 1. The van der Waals surface area contributed by atoms with Gasteiger partial charge in [0.2, 0.25) is 0 Å². The van der Waals surface area contributed by atoms with Crippen LogP contribution < -0.4 is 10.6 Å². The van der Waals surface area contributed by atoms with Crippen molar-refractivity contribution in [1.82, 2.24) is 9.88 Å². The fourth-order valence-electron chi connectivity index (χ4n) is 5.30. The van der Waals surface area contributed by atoms with Crippen molar-refractivity contribution in [1.29, 1.82) is 0 Å². The third-order valence-electron chi connectivity index (χ3n) is 7.79. The predicted octanol–water partition coefficient (Wildman–Crippen LogP) is 7.85. The molecule has 4 aromatic carbocycles. The summed E-state index contributed by atoms with van der Waals surface area (Å²) in [5.74, 6) is -3.49. The van der Waals surface area contributed by atoms with Crippen molar-refractivity contribution < 1.29 is 36.6 Å². The number of benzene rings is 4. The number of anilines is 2. The van der Waals surface area contributed by atoms with Crippen molar-refractivity contribution in [2.24, 2.45) is 0 Å². The van der Waals surface area contributed by atoms with E-state index in [4.69, 9.17) is 0 Å². The Bertz CT molecular complexity index is 1890. The van der Waals surface area contributed by atoms with E-state index in [0.717, 1.165) is 29.8 Å². The summed E-state index contributed by atoms with van der Waals surface area (Å²) in [6.07, 6.45) is -1.47. The molecule has 1 amide bonds. The van der Waals surface area contributed by atoms with Gasteiger partial charge in [0.05, 0.1) is 27.7 Å². The average Bonchev–Trinajstić information content (AvgIpc) is 3.65. The fourth-order valence-corrected chi connectivity index (χ4v) is 5.30. The van der Waals surface area contributed by atoms with Gasteiger partial charge in [0.1, 0.15) is 0 Å². The maximum absolute atomic E-state index is 13.9. The van der Waals surface area contributed by atoms with E-state index >= 15 is 0 Å². The minimum Gasteiger partial charge on any atom is -0.478 e. The average molecular weight is 606 g/mol. The lowest BCUT2D eigenvalue weighted by Crippen LogP contribution is -2.35. The van der Waals surface area contributed by atoms with Crippen molar-refractivity contribution in [3.8, 4) is 0 Å². The Morgan fingerprint density at radius 3 is 2.18 bits per heavy atom. The van der Waals surface area contributed by atoms with Gasteiger partial charge in [-0.25, -0.2) is 13.6 Å². The maximum atomic E-state index is 13.9. The van der Waals surface area contributed by atoms with Crippen molar-refractivity contribution >= 4 is 34.2 Å². The van der Waals surface area contributed by atoms with Gasteiger partial charge in [-0.05, 0) is 78.6 Å². The molecule has 1 aromatic heterocycles. The first-order valence-electron chi connectivity index (χ1n) is 13.6. The SMILES string of the molecule is O=C(O)c1ccc(C2(NC(=O)c3ccc(Nc4ccc(F)c(F)c4)c4ccn(Cc5ccc(C(F)(F)F)cc5)c34)CC2)cc1. The minimum atomic E-state index is -4.48. The smallest absolute Gasteiger partial charge is 0.416 e. The van der Waals surface area contributed by atoms with Crippen LogP contribution in [0.3, 0.4) is 0 Å². The number of rotatable bonds is 8. The summed E-state index contributed by atoms with van der Waals surface area (Å²) < 4.78 is 68.5. The van der Waals surface area contributed by atoms with Gasteiger partial charge in [-0.1, -0.05) is 24.3 Å². The van der Waals surface area contributed by atoms with Crippen LogP contribution in [-0.2, 0) is 18.3 Å². The van der Waals surface area contributed by atoms with Gasteiger partial charge in [-0.2, -0.15) is 13.2 Å². The Hall–Kier alpha value is -5.19. The Kier molecular flexibility index (Phi) is 7.11. The van der Waals surface area contributed by atoms with Crippen LogP contribution in [0.1, 0.15) is 50.2 Å². The number of alkyl halides is 3. The second-order valence-electron chi connectivity index (χ2n) is 10.7. The number of fused-ring (bicyclic) bond motifs is 1. The highest BCUT2D eigenvalue weighted by atomic mass is 19.4. The molecule has 1 aliphatic carbocycles. The van der Waals surface area contributed by atoms with E-state index in [1.807, 2.05) is 0 Å². The molecule has 0 radical (unpaired) electrons. The molecule has 5 aromatic rings. The molecule has 0 unspecified atom stereocenters. The Morgan fingerprint density at radius 2 is 1.57 bits per heavy atom. The quantitative estimate of drug-likeness (QED) is 0.157. The molecule has 11 heteroatoms. The third-order valence-corrected chi connectivity index (χ3v) is 7.79. The van der Waals surface area contributed by atoms with Gasteiger partial charge in [0.15, 0.2) is 11.6 Å². The number of nitrogens with zero attached hydrogens (tertiary/aromatic N) is 1. The number of aromatic carboxylic acids is 1. The van der Waals surface area contributed by atoms with Crippen molar-refractivity contribution in [2.75, 3.05) is 5.32 Å². The highest BCUT2D eigenvalue weighted by Crippen LogP contribution is 2.46. The first-order valence-corrected chi connectivity index (χ1v) is 13.6. The summed E-state index contributed by atoms with van der Waals surface area (Å²) in [4.78, 5) is 25.1. The van der Waals surface area contributed by atoms with E-state index in [-0.39, 0.29) is 17.8 Å². The molecule has 1 heterocycles. The second-order valence-corrected chi connectivity index (χ2v) is 10.7. The Labute approximate surface area is 247 Å². The molecule has 3 N–H and O–H groups in total. The summed E-state index contributed by atoms with van der Waals surface area (Å²) in [7, 11) is 0. The summed E-state index contributed by atoms with van der Waals surface area (Å²) in [6.45, 7) is 0.151. The predicted molar refractivity (Wildman–Crippen MR) is 154 cm³/mol. The van der Waals surface area contributed by atoms with Gasteiger partial charge in [-0.15, -0.1) is 0 Å². The molecule has 0 bridgehead atoms. The van der Waals surface area contributed by atoms with Crippen LogP contribution in [0.15, 0.2) is 91.1 Å². The number of aromatic nitrogens is 1. The third kappa shape index (κ3) is 5.60. The number of halogens is 5. The molecule has 0 aliphatic heterocycles. The molecule has 0 saturated heterocycles. The lowest BCUT2D eigenvalue weighted by atomic mass is 10.0. The van der Waals surface area contributed by atoms with Gasteiger partial charge in [-0.3, -0.25) is 4.79 Å². The van der Waals surface area contributed by atoms with Gasteiger partial charge >= 0.3 is 12.1 Å². The molecule has 1 aliphatic rings. The van der Waals surface area contributed by atoms with E-state index in [1.165, 1.54) is 30.3 Å². The molecule has 1 fully saturated rings. The van der Waals surface area contributed by atoms with E-state index in [9.17, 15) is 36.6 Å². The molecule has 0 atom stereocenters. The number of carbonyl (C=O) groups is 2. The zero-order valence-electron chi connectivity index (χ0n) is 22.9. The molecule has 1 saturated carbocycles. The first kappa shape index (κ1) is 28.9. The largest absolute Gasteiger partial charge is 0.478 e. The van der Waals surface area contributed by atoms with Gasteiger partial charge in [0.25, 0.3) is 5.91 Å².